The van der Waals surface area contributed by atoms with Crippen LogP contribution in [0.4, 0.5) is 0 Å². The highest BCUT2D eigenvalue weighted by molar-refractivity contribution is 5.76. The molecule has 0 fully saturated rings. The van der Waals surface area contributed by atoms with Gasteiger partial charge in [-0.1, -0.05) is 12.1 Å². The third kappa shape index (κ3) is 1.16. The van der Waals surface area contributed by atoms with Gasteiger partial charge in [-0.2, -0.15) is 0 Å². The average Bonchev–Trinajstić information content (AvgIpc) is 2.18. The summed E-state index contributed by atoms with van der Waals surface area (Å²) in [4.78, 5) is 14.2. The number of fused-ring (bicyclic) bond motifs is 1. The predicted molar refractivity (Wildman–Crippen MR) is 54.1 cm³/mol. The SMILES string of the molecule is CCn1c(=O)[nH]c2ccccc2c1=N. The molecule has 0 bridgehead atoms. The van der Waals surface area contributed by atoms with Crippen molar-refractivity contribution in [2.24, 2.45) is 0 Å². The Kier molecular flexibility index (Phi) is 1.96. The average molecular weight is 189 g/mol. The summed E-state index contributed by atoms with van der Waals surface area (Å²) in [5.41, 5.74) is 0.759. The lowest BCUT2D eigenvalue weighted by atomic mass is 10.2. The molecular formula is C10H11N3O. The first-order chi connectivity index (χ1) is 6.74. The van der Waals surface area contributed by atoms with Crippen LogP contribution in [0, 0.1) is 5.41 Å². The molecule has 0 amide bonds. The number of hydrogen-bond donors (Lipinski definition) is 2. The summed E-state index contributed by atoms with van der Waals surface area (Å²) in [6.07, 6.45) is 0. The maximum atomic E-state index is 11.5. The lowest BCUT2D eigenvalue weighted by molar-refractivity contribution is 0.664. The van der Waals surface area contributed by atoms with Gasteiger partial charge < -0.3 is 4.98 Å². The van der Waals surface area contributed by atoms with Crippen LogP contribution in [0.2, 0.25) is 0 Å². The van der Waals surface area contributed by atoms with Gasteiger partial charge in [0, 0.05) is 11.9 Å². The Morgan fingerprint density at radius 2 is 2.14 bits per heavy atom. The van der Waals surface area contributed by atoms with Crippen molar-refractivity contribution in [3.63, 3.8) is 0 Å². The summed E-state index contributed by atoms with van der Waals surface area (Å²) in [5.74, 6) is 0. The van der Waals surface area contributed by atoms with E-state index in [-0.39, 0.29) is 11.2 Å². The van der Waals surface area contributed by atoms with E-state index in [9.17, 15) is 4.79 Å². The Labute approximate surface area is 80.3 Å². The summed E-state index contributed by atoms with van der Waals surface area (Å²) in [5, 5.41) is 8.60. The number of hydrogen-bond acceptors (Lipinski definition) is 2. The molecular weight excluding hydrogens is 178 g/mol. The lowest BCUT2D eigenvalue weighted by Gasteiger charge is -2.04. The van der Waals surface area contributed by atoms with E-state index in [1.165, 1.54) is 4.57 Å². The Hall–Kier alpha value is -1.84. The first kappa shape index (κ1) is 8.74. The third-order valence-electron chi connectivity index (χ3n) is 2.26. The summed E-state index contributed by atoms with van der Waals surface area (Å²) < 4.78 is 1.41. The van der Waals surface area contributed by atoms with Crippen LogP contribution < -0.4 is 11.2 Å². The second kappa shape index (κ2) is 3.14. The van der Waals surface area contributed by atoms with Crippen LogP contribution >= 0.6 is 0 Å². The maximum absolute atomic E-state index is 11.5. The molecule has 2 N–H and O–H groups in total. The van der Waals surface area contributed by atoms with Gasteiger partial charge in [0.1, 0.15) is 5.49 Å². The number of H-pyrrole nitrogens is 1. The number of aromatic nitrogens is 2. The largest absolute Gasteiger partial charge is 0.327 e. The highest BCUT2D eigenvalue weighted by Gasteiger charge is 2.01. The number of nitrogens with one attached hydrogen (secondary N) is 2. The van der Waals surface area contributed by atoms with E-state index >= 15 is 0 Å². The normalized spacial score (nSPS) is 10.6. The molecule has 0 unspecified atom stereocenters. The molecule has 4 nitrogen and oxygen atoms in total. The molecule has 0 radical (unpaired) electrons. The van der Waals surface area contributed by atoms with E-state index in [0.29, 0.717) is 12.1 Å². The fourth-order valence-electron chi connectivity index (χ4n) is 1.53. The van der Waals surface area contributed by atoms with Crippen molar-refractivity contribution in [1.29, 1.82) is 5.41 Å². The number of nitrogens with zero attached hydrogens (tertiary/aromatic N) is 1. The van der Waals surface area contributed by atoms with Crippen molar-refractivity contribution in [1.82, 2.24) is 9.55 Å². The van der Waals surface area contributed by atoms with Gasteiger partial charge in [-0.25, -0.2) is 4.79 Å². The van der Waals surface area contributed by atoms with Gasteiger partial charge in [-0.3, -0.25) is 9.98 Å². The summed E-state index contributed by atoms with van der Waals surface area (Å²) in [6, 6.07) is 7.33. The van der Waals surface area contributed by atoms with Crippen molar-refractivity contribution in [2.75, 3.05) is 0 Å². The number of benzene rings is 1. The van der Waals surface area contributed by atoms with E-state index in [1.54, 1.807) is 6.07 Å². The Morgan fingerprint density at radius 3 is 2.86 bits per heavy atom. The zero-order valence-corrected chi connectivity index (χ0v) is 7.87. The molecule has 1 heterocycles. The first-order valence-electron chi connectivity index (χ1n) is 4.50. The fraction of sp³-hybridized carbons (Fsp3) is 0.200. The lowest BCUT2D eigenvalue weighted by Crippen LogP contribution is -2.34. The van der Waals surface area contributed by atoms with Gasteiger partial charge in [0.05, 0.1) is 5.52 Å². The van der Waals surface area contributed by atoms with Crippen LogP contribution in [-0.4, -0.2) is 9.55 Å². The molecule has 72 valence electrons. The molecule has 14 heavy (non-hydrogen) atoms. The topological polar surface area (TPSA) is 61.6 Å². The second-order valence-corrected chi connectivity index (χ2v) is 3.07. The van der Waals surface area contributed by atoms with Crippen molar-refractivity contribution in [3.8, 4) is 0 Å². The maximum Gasteiger partial charge on any atom is 0.327 e. The smallest absolute Gasteiger partial charge is 0.307 e. The van der Waals surface area contributed by atoms with E-state index in [2.05, 4.69) is 4.98 Å². The minimum absolute atomic E-state index is 0.226. The molecule has 0 saturated carbocycles. The van der Waals surface area contributed by atoms with Crippen molar-refractivity contribution in [2.45, 2.75) is 13.5 Å². The van der Waals surface area contributed by atoms with E-state index < -0.39 is 0 Å². The first-order valence-corrected chi connectivity index (χ1v) is 4.50. The predicted octanol–water partition coefficient (Wildman–Crippen LogP) is 0.829. The molecule has 0 saturated heterocycles. The molecule has 0 atom stereocenters. The highest BCUT2D eigenvalue weighted by Crippen LogP contribution is 2.02. The van der Waals surface area contributed by atoms with Gasteiger partial charge in [0.15, 0.2) is 0 Å². The van der Waals surface area contributed by atoms with E-state index in [1.807, 2.05) is 25.1 Å². The quantitative estimate of drug-likeness (QED) is 0.685. The molecule has 0 aliphatic carbocycles. The van der Waals surface area contributed by atoms with Crippen molar-refractivity contribution >= 4 is 10.9 Å². The molecule has 0 aliphatic heterocycles. The Bertz CT molecular complexity index is 580. The molecule has 2 rings (SSSR count). The molecule has 1 aromatic heterocycles. The monoisotopic (exact) mass is 189 g/mol. The highest BCUT2D eigenvalue weighted by atomic mass is 16.1. The van der Waals surface area contributed by atoms with Crippen molar-refractivity contribution < 1.29 is 0 Å². The standard InChI is InChI=1S/C10H11N3O/c1-2-13-9(11)7-5-3-4-6-8(7)12-10(13)14/h3-6,11H,2H2,1H3,(H,12,14). The molecule has 0 aliphatic rings. The van der Waals surface area contributed by atoms with E-state index in [4.69, 9.17) is 5.41 Å². The minimum Gasteiger partial charge on any atom is -0.307 e. The zero-order chi connectivity index (χ0) is 10.1. The minimum atomic E-state index is -0.226. The summed E-state index contributed by atoms with van der Waals surface area (Å²) in [7, 11) is 0. The van der Waals surface area contributed by atoms with Crippen molar-refractivity contribution in [3.05, 3.63) is 40.2 Å². The molecule has 1 aromatic carbocycles. The number of aromatic amines is 1. The van der Waals surface area contributed by atoms with Crippen LogP contribution in [-0.2, 0) is 6.54 Å². The van der Waals surface area contributed by atoms with Crippen LogP contribution in [0.15, 0.2) is 29.1 Å². The third-order valence-corrected chi connectivity index (χ3v) is 2.26. The van der Waals surface area contributed by atoms with Gasteiger partial charge in [-0.15, -0.1) is 0 Å². The Balaban J connectivity index is 3.01. The molecule has 2 aromatic rings. The van der Waals surface area contributed by atoms with Gasteiger partial charge in [0.2, 0.25) is 0 Å². The summed E-state index contributed by atoms with van der Waals surface area (Å²) in [6.45, 7) is 2.36. The van der Waals surface area contributed by atoms with Gasteiger partial charge >= 0.3 is 5.69 Å². The number of rotatable bonds is 1. The number of para-hydroxylation sites is 1. The molecule has 4 heteroatoms. The van der Waals surface area contributed by atoms with Crippen LogP contribution in [0.25, 0.3) is 10.9 Å². The molecule has 0 spiro atoms. The van der Waals surface area contributed by atoms with Crippen LogP contribution in [0.1, 0.15) is 6.92 Å². The van der Waals surface area contributed by atoms with E-state index in [0.717, 1.165) is 5.39 Å². The van der Waals surface area contributed by atoms with Crippen LogP contribution in [0.3, 0.4) is 0 Å². The zero-order valence-electron chi connectivity index (χ0n) is 7.87. The second-order valence-electron chi connectivity index (χ2n) is 3.07. The fourth-order valence-corrected chi connectivity index (χ4v) is 1.53. The Morgan fingerprint density at radius 1 is 1.43 bits per heavy atom. The van der Waals surface area contributed by atoms with Gasteiger partial charge in [-0.05, 0) is 19.1 Å². The van der Waals surface area contributed by atoms with Crippen LogP contribution in [0.5, 0.6) is 0 Å². The summed E-state index contributed by atoms with van der Waals surface area (Å²) >= 11 is 0. The van der Waals surface area contributed by atoms with Gasteiger partial charge in [0.25, 0.3) is 0 Å².